The third-order valence-electron chi connectivity index (χ3n) is 1.67. The highest BCUT2D eigenvalue weighted by molar-refractivity contribution is 9.10. The zero-order valence-electron chi connectivity index (χ0n) is 7.18. The lowest BCUT2D eigenvalue weighted by molar-refractivity contribution is -0.149. The highest BCUT2D eigenvalue weighted by Crippen LogP contribution is 2.35. The van der Waals surface area contributed by atoms with Crippen LogP contribution in [0.3, 0.4) is 0 Å². The second-order valence-corrected chi connectivity index (χ2v) is 3.46. The Morgan fingerprint density at radius 3 is 2.27 bits per heavy atom. The number of benzene rings is 1. The van der Waals surface area contributed by atoms with Crippen molar-refractivity contribution >= 4 is 28.3 Å². The number of hydrogen-bond donors (Lipinski definition) is 1. The summed E-state index contributed by atoms with van der Waals surface area (Å²) in [6.07, 6.45) is -4.57. The molecule has 0 heterocycles. The summed E-state index contributed by atoms with van der Waals surface area (Å²) in [6, 6.07) is 1.19. The summed E-state index contributed by atoms with van der Waals surface area (Å²) >= 11 is 2.72. The van der Waals surface area contributed by atoms with Gasteiger partial charge < -0.3 is 5.73 Å². The summed E-state index contributed by atoms with van der Waals surface area (Å²) in [5.41, 5.74) is 4.61. The summed E-state index contributed by atoms with van der Waals surface area (Å²) in [5.74, 6) is -0.762. The molecule has 0 saturated heterocycles. The molecular formula is C8H7BrClF4N. The predicted octanol–water partition coefficient (Wildman–Crippen LogP) is 3.57. The number of alkyl halides is 3. The van der Waals surface area contributed by atoms with Gasteiger partial charge in [-0.2, -0.15) is 13.2 Å². The van der Waals surface area contributed by atoms with E-state index in [9.17, 15) is 17.6 Å². The molecule has 7 heteroatoms. The maximum absolute atomic E-state index is 12.9. The molecule has 1 atom stereocenters. The van der Waals surface area contributed by atoms with Gasteiger partial charge in [0.05, 0.1) is 4.47 Å². The summed E-state index contributed by atoms with van der Waals surface area (Å²) < 4.78 is 49.1. The molecule has 0 aliphatic carbocycles. The molecule has 0 aliphatic rings. The van der Waals surface area contributed by atoms with E-state index in [0.717, 1.165) is 12.1 Å². The maximum Gasteiger partial charge on any atom is 0.407 e. The average molecular weight is 308 g/mol. The number of hydrogen-bond acceptors (Lipinski definition) is 1. The van der Waals surface area contributed by atoms with Gasteiger partial charge >= 0.3 is 6.18 Å². The van der Waals surface area contributed by atoms with Crippen molar-refractivity contribution in [3.63, 3.8) is 0 Å². The van der Waals surface area contributed by atoms with E-state index in [2.05, 4.69) is 15.9 Å². The minimum absolute atomic E-state index is 0. The molecule has 0 bridgehead atoms. The number of nitrogens with two attached hydrogens (primary N) is 1. The predicted molar refractivity (Wildman–Crippen MR) is 54.3 cm³/mol. The van der Waals surface area contributed by atoms with Gasteiger partial charge in [0.15, 0.2) is 0 Å². The van der Waals surface area contributed by atoms with E-state index in [0.29, 0.717) is 0 Å². The molecule has 1 rings (SSSR count). The summed E-state index contributed by atoms with van der Waals surface area (Å²) in [7, 11) is 0. The lowest BCUT2D eigenvalue weighted by atomic mass is 10.1. The maximum atomic E-state index is 12.9. The summed E-state index contributed by atoms with van der Waals surface area (Å²) in [6.45, 7) is 0. The van der Waals surface area contributed by atoms with E-state index in [1.807, 2.05) is 0 Å². The number of rotatable bonds is 1. The van der Waals surface area contributed by atoms with Crippen molar-refractivity contribution in [1.82, 2.24) is 0 Å². The Balaban J connectivity index is 0.00000196. The molecule has 0 aliphatic heterocycles. The Labute approximate surface area is 98.2 Å². The molecule has 15 heavy (non-hydrogen) atoms. The monoisotopic (exact) mass is 307 g/mol. The third kappa shape index (κ3) is 3.32. The van der Waals surface area contributed by atoms with Crippen LogP contribution in [0.5, 0.6) is 0 Å². The zero-order chi connectivity index (χ0) is 10.9. The van der Waals surface area contributed by atoms with Crippen LogP contribution in [0.2, 0.25) is 0 Å². The van der Waals surface area contributed by atoms with Gasteiger partial charge in [0.25, 0.3) is 0 Å². The molecule has 0 aromatic heterocycles. The van der Waals surface area contributed by atoms with Gasteiger partial charge in [0, 0.05) is 0 Å². The zero-order valence-corrected chi connectivity index (χ0v) is 9.59. The van der Waals surface area contributed by atoms with E-state index >= 15 is 0 Å². The van der Waals surface area contributed by atoms with E-state index in [1.165, 1.54) is 6.07 Å². The molecule has 86 valence electrons. The van der Waals surface area contributed by atoms with Crippen LogP contribution in [0.25, 0.3) is 0 Å². The lowest BCUT2D eigenvalue weighted by Gasteiger charge is -2.17. The Morgan fingerprint density at radius 1 is 1.27 bits per heavy atom. The Bertz CT molecular complexity index is 342. The Morgan fingerprint density at radius 2 is 1.80 bits per heavy atom. The second-order valence-electron chi connectivity index (χ2n) is 2.66. The smallest absolute Gasteiger partial charge is 0.316 e. The largest absolute Gasteiger partial charge is 0.407 e. The van der Waals surface area contributed by atoms with Crippen LogP contribution < -0.4 is 5.73 Å². The van der Waals surface area contributed by atoms with E-state index < -0.39 is 18.0 Å². The molecule has 0 saturated carbocycles. The van der Waals surface area contributed by atoms with Crippen LogP contribution in [0, 0.1) is 5.82 Å². The van der Waals surface area contributed by atoms with Gasteiger partial charge in [-0.15, -0.1) is 12.4 Å². The molecule has 0 amide bonds. The van der Waals surface area contributed by atoms with Crippen LogP contribution in [0.1, 0.15) is 11.6 Å². The van der Waals surface area contributed by atoms with Crippen molar-refractivity contribution in [2.45, 2.75) is 12.2 Å². The first-order valence-electron chi connectivity index (χ1n) is 3.60. The fourth-order valence-corrected chi connectivity index (χ4v) is 1.45. The van der Waals surface area contributed by atoms with Gasteiger partial charge in [0.1, 0.15) is 11.9 Å². The molecular weight excluding hydrogens is 301 g/mol. The molecule has 0 spiro atoms. The highest BCUT2D eigenvalue weighted by atomic mass is 79.9. The van der Waals surface area contributed by atoms with Crippen molar-refractivity contribution in [2.75, 3.05) is 0 Å². The first-order valence-corrected chi connectivity index (χ1v) is 4.39. The van der Waals surface area contributed by atoms with Gasteiger partial charge in [-0.1, -0.05) is 12.1 Å². The first-order chi connectivity index (χ1) is 6.34. The van der Waals surface area contributed by atoms with Crippen LogP contribution >= 0.6 is 28.3 Å². The van der Waals surface area contributed by atoms with Gasteiger partial charge in [-0.25, -0.2) is 4.39 Å². The molecule has 1 aromatic rings. The number of halogens is 6. The molecule has 0 radical (unpaired) electrons. The minimum Gasteiger partial charge on any atom is -0.316 e. The van der Waals surface area contributed by atoms with Gasteiger partial charge in [-0.3, -0.25) is 0 Å². The highest BCUT2D eigenvalue weighted by Gasteiger charge is 2.39. The minimum atomic E-state index is -4.57. The van der Waals surface area contributed by atoms with Crippen molar-refractivity contribution < 1.29 is 17.6 Å². The van der Waals surface area contributed by atoms with E-state index in [-0.39, 0.29) is 22.4 Å². The van der Waals surface area contributed by atoms with Crippen LogP contribution in [-0.2, 0) is 0 Å². The van der Waals surface area contributed by atoms with Gasteiger partial charge in [0.2, 0.25) is 0 Å². The van der Waals surface area contributed by atoms with Crippen LogP contribution in [0.4, 0.5) is 17.6 Å². The fourth-order valence-electron chi connectivity index (χ4n) is 0.937. The standard InChI is InChI=1S/C8H6BrF4N.ClH/c9-6-4(2-1-3-5(6)10)7(14)8(11,12)13;/h1-3,7H,14H2;1H/t7-;/m0./s1. The molecule has 0 unspecified atom stereocenters. The topological polar surface area (TPSA) is 26.0 Å². The first kappa shape index (κ1) is 14.7. The molecule has 1 aromatic carbocycles. The SMILES string of the molecule is Cl.N[C@@H](c1cccc(F)c1Br)C(F)(F)F. The van der Waals surface area contributed by atoms with E-state index in [4.69, 9.17) is 5.73 Å². The third-order valence-corrected chi connectivity index (χ3v) is 2.51. The quantitative estimate of drug-likeness (QED) is 0.789. The summed E-state index contributed by atoms with van der Waals surface area (Å²) in [4.78, 5) is 0. The lowest BCUT2D eigenvalue weighted by Crippen LogP contribution is -2.28. The summed E-state index contributed by atoms with van der Waals surface area (Å²) in [5, 5.41) is 0. The fraction of sp³-hybridized carbons (Fsp3) is 0.250. The van der Waals surface area contributed by atoms with Crippen LogP contribution in [0.15, 0.2) is 22.7 Å². The molecule has 0 fully saturated rings. The Kier molecular flexibility index (Phi) is 5.02. The molecule has 1 nitrogen and oxygen atoms in total. The van der Waals surface area contributed by atoms with Crippen molar-refractivity contribution in [2.24, 2.45) is 5.73 Å². The van der Waals surface area contributed by atoms with Crippen molar-refractivity contribution in [1.29, 1.82) is 0 Å². The van der Waals surface area contributed by atoms with Crippen LogP contribution in [-0.4, -0.2) is 6.18 Å². The van der Waals surface area contributed by atoms with Gasteiger partial charge in [-0.05, 0) is 27.6 Å². The van der Waals surface area contributed by atoms with E-state index in [1.54, 1.807) is 0 Å². The molecule has 2 N–H and O–H groups in total. The Hall–Kier alpha value is -0.330. The van der Waals surface area contributed by atoms with Crippen molar-refractivity contribution in [3.8, 4) is 0 Å². The normalized spacial score (nSPS) is 13.2. The van der Waals surface area contributed by atoms with Crippen molar-refractivity contribution in [3.05, 3.63) is 34.1 Å². The second kappa shape index (κ2) is 5.14. The average Bonchev–Trinajstić information content (AvgIpc) is 2.07.